The van der Waals surface area contributed by atoms with Crippen LogP contribution in [-0.2, 0) is 11.2 Å². The lowest BCUT2D eigenvalue weighted by Crippen LogP contribution is -2.08. The molecule has 2 aromatic rings. The molecule has 0 bridgehead atoms. The minimum Gasteiger partial charge on any atom is -0.493 e. The number of aryl methyl sites for hydroxylation is 2. The van der Waals surface area contributed by atoms with Crippen molar-refractivity contribution >= 4 is 17.1 Å². The number of ether oxygens (including phenoxy) is 1. The van der Waals surface area contributed by atoms with Crippen molar-refractivity contribution in [3.8, 4) is 5.75 Å². The van der Waals surface area contributed by atoms with Crippen LogP contribution in [0.25, 0.3) is 0 Å². The first-order chi connectivity index (χ1) is 9.13. The van der Waals surface area contributed by atoms with Gasteiger partial charge < -0.3 is 4.74 Å². The van der Waals surface area contributed by atoms with Crippen molar-refractivity contribution in [1.29, 1.82) is 0 Å². The summed E-state index contributed by atoms with van der Waals surface area (Å²) in [4.78, 5) is 16.1. The van der Waals surface area contributed by atoms with Crippen LogP contribution in [0.15, 0.2) is 29.6 Å². The van der Waals surface area contributed by atoms with Gasteiger partial charge in [0.15, 0.2) is 0 Å². The fourth-order valence-corrected chi connectivity index (χ4v) is 2.53. The van der Waals surface area contributed by atoms with E-state index < -0.39 is 0 Å². The Bertz CT molecular complexity index is 563. The number of rotatable bonds is 6. The minimum atomic E-state index is 0.169. The van der Waals surface area contributed by atoms with Gasteiger partial charge in [0, 0.05) is 17.5 Å². The zero-order chi connectivity index (χ0) is 13.7. The molecule has 0 aliphatic carbocycles. The average Bonchev–Trinajstić information content (AvgIpc) is 2.75. The van der Waals surface area contributed by atoms with Gasteiger partial charge in [-0.1, -0.05) is 12.1 Å². The first-order valence-electron chi connectivity index (χ1n) is 6.25. The molecule has 4 heteroatoms. The van der Waals surface area contributed by atoms with Gasteiger partial charge in [0.05, 0.1) is 13.0 Å². The Kier molecular flexibility index (Phi) is 4.68. The summed E-state index contributed by atoms with van der Waals surface area (Å²) >= 11 is 1.54. The zero-order valence-electron chi connectivity index (χ0n) is 11.2. The molecule has 0 saturated carbocycles. The topological polar surface area (TPSA) is 39.2 Å². The molecule has 100 valence electrons. The molecule has 19 heavy (non-hydrogen) atoms. The Morgan fingerprint density at radius 2 is 2.21 bits per heavy atom. The van der Waals surface area contributed by atoms with E-state index in [0.717, 1.165) is 22.0 Å². The van der Waals surface area contributed by atoms with Crippen LogP contribution < -0.4 is 4.74 Å². The van der Waals surface area contributed by atoms with Gasteiger partial charge in [-0.3, -0.25) is 4.79 Å². The molecule has 1 heterocycles. The maximum atomic E-state index is 11.8. The van der Waals surface area contributed by atoms with Gasteiger partial charge in [-0.2, -0.15) is 0 Å². The molecule has 0 aliphatic heterocycles. The van der Waals surface area contributed by atoms with E-state index in [1.54, 1.807) is 0 Å². The first-order valence-corrected chi connectivity index (χ1v) is 7.13. The molecule has 0 spiro atoms. The van der Waals surface area contributed by atoms with Crippen LogP contribution in [0.1, 0.15) is 22.7 Å². The minimum absolute atomic E-state index is 0.169. The predicted octanol–water partition coefficient (Wildman–Crippen LogP) is 3.34. The highest BCUT2D eigenvalue weighted by molar-refractivity contribution is 7.09. The van der Waals surface area contributed by atoms with E-state index in [1.165, 1.54) is 11.3 Å². The lowest BCUT2D eigenvalue weighted by atomic mass is 10.2. The Hall–Kier alpha value is -1.68. The third-order valence-corrected chi connectivity index (χ3v) is 3.62. The zero-order valence-corrected chi connectivity index (χ0v) is 12.0. The molecular formula is C15H17NO2S. The largest absolute Gasteiger partial charge is 0.493 e. The normalized spacial score (nSPS) is 10.4. The summed E-state index contributed by atoms with van der Waals surface area (Å²) in [5.41, 5.74) is 2.13. The highest BCUT2D eigenvalue weighted by Gasteiger charge is 2.07. The van der Waals surface area contributed by atoms with Gasteiger partial charge in [-0.05, 0) is 31.5 Å². The third kappa shape index (κ3) is 4.48. The fraction of sp³-hybridized carbons (Fsp3) is 0.333. The summed E-state index contributed by atoms with van der Waals surface area (Å²) in [5, 5.41) is 2.85. The summed E-state index contributed by atoms with van der Waals surface area (Å²) in [6.07, 6.45) is 0.836. The van der Waals surface area contributed by atoms with E-state index in [1.807, 2.05) is 43.5 Å². The van der Waals surface area contributed by atoms with Crippen molar-refractivity contribution in [2.45, 2.75) is 26.7 Å². The summed E-state index contributed by atoms with van der Waals surface area (Å²) in [5.74, 6) is 0.986. The molecule has 0 atom stereocenters. The van der Waals surface area contributed by atoms with Crippen molar-refractivity contribution in [2.24, 2.45) is 0 Å². The summed E-state index contributed by atoms with van der Waals surface area (Å²) in [7, 11) is 0. The summed E-state index contributed by atoms with van der Waals surface area (Å²) in [6, 6.07) is 7.84. The monoisotopic (exact) mass is 275 g/mol. The molecule has 0 saturated heterocycles. The van der Waals surface area contributed by atoms with Crippen LogP contribution in [0.4, 0.5) is 0 Å². The van der Waals surface area contributed by atoms with Gasteiger partial charge in [-0.15, -0.1) is 11.3 Å². The number of hydrogen-bond donors (Lipinski definition) is 0. The second-order valence-corrected chi connectivity index (χ2v) is 5.46. The molecule has 0 fully saturated rings. The lowest BCUT2D eigenvalue weighted by molar-refractivity contribution is -0.118. The van der Waals surface area contributed by atoms with Crippen molar-refractivity contribution in [3.05, 3.63) is 45.9 Å². The predicted molar refractivity (Wildman–Crippen MR) is 76.9 cm³/mol. The Morgan fingerprint density at radius 1 is 1.37 bits per heavy atom. The smallest absolute Gasteiger partial charge is 0.143 e. The molecule has 0 radical (unpaired) electrons. The van der Waals surface area contributed by atoms with E-state index in [0.29, 0.717) is 19.4 Å². The number of carbonyl (C=O) groups is 1. The number of benzene rings is 1. The number of ketones is 1. The number of aromatic nitrogens is 1. The SMILES string of the molecule is Cc1cccc(OCCC(=O)Cc2nc(C)cs2)c1. The van der Waals surface area contributed by atoms with Gasteiger partial charge in [0.2, 0.25) is 0 Å². The second-order valence-electron chi connectivity index (χ2n) is 4.51. The van der Waals surface area contributed by atoms with Gasteiger partial charge in [-0.25, -0.2) is 4.98 Å². The number of nitrogens with zero attached hydrogens (tertiary/aromatic N) is 1. The third-order valence-electron chi connectivity index (χ3n) is 2.65. The van der Waals surface area contributed by atoms with Gasteiger partial charge in [0.1, 0.15) is 16.5 Å². The van der Waals surface area contributed by atoms with Crippen LogP contribution in [0.5, 0.6) is 5.75 Å². The second kappa shape index (κ2) is 6.48. The maximum Gasteiger partial charge on any atom is 0.143 e. The number of Topliss-reactive ketones (excluding diaryl/α,β-unsaturated/α-hetero) is 1. The highest BCUT2D eigenvalue weighted by atomic mass is 32.1. The van der Waals surface area contributed by atoms with Crippen LogP contribution in [0, 0.1) is 13.8 Å². The molecule has 1 aromatic carbocycles. The first kappa shape index (κ1) is 13.7. The standard InChI is InChI=1S/C15H17NO2S/c1-11-4-3-5-14(8-11)18-7-6-13(17)9-15-16-12(2)10-19-15/h3-5,8,10H,6-7,9H2,1-2H3. The van der Waals surface area contributed by atoms with E-state index in [4.69, 9.17) is 4.74 Å². The van der Waals surface area contributed by atoms with Crippen molar-refractivity contribution in [3.63, 3.8) is 0 Å². The van der Waals surface area contributed by atoms with E-state index in [2.05, 4.69) is 4.98 Å². The molecule has 1 aromatic heterocycles. The molecule has 3 nitrogen and oxygen atoms in total. The molecule has 0 unspecified atom stereocenters. The Labute approximate surface area is 117 Å². The van der Waals surface area contributed by atoms with Crippen molar-refractivity contribution < 1.29 is 9.53 Å². The lowest BCUT2D eigenvalue weighted by Gasteiger charge is -2.05. The number of hydrogen-bond acceptors (Lipinski definition) is 4. The summed E-state index contributed by atoms with van der Waals surface area (Å²) < 4.78 is 5.56. The van der Waals surface area contributed by atoms with Crippen LogP contribution in [0.2, 0.25) is 0 Å². The van der Waals surface area contributed by atoms with Gasteiger partial charge >= 0.3 is 0 Å². The van der Waals surface area contributed by atoms with E-state index in [9.17, 15) is 4.79 Å². The summed E-state index contributed by atoms with van der Waals surface area (Å²) in [6.45, 7) is 4.38. The number of carbonyl (C=O) groups excluding carboxylic acids is 1. The van der Waals surface area contributed by atoms with E-state index in [-0.39, 0.29) is 5.78 Å². The quantitative estimate of drug-likeness (QED) is 0.811. The Balaban J connectivity index is 1.75. The molecule has 2 rings (SSSR count). The Morgan fingerprint density at radius 3 is 2.89 bits per heavy atom. The molecular weight excluding hydrogens is 258 g/mol. The highest BCUT2D eigenvalue weighted by Crippen LogP contribution is 2.13. The fourth-order valence-electron chi connectivity index (χ4n) is 1.73. The van der Waals surface area contributed by atoms with Crippen LogP contribution in [-0.4, -0.2) is 17.4 Å². The number of thiazole rings is 1. The molecule has 0 aliphatic rings. The van der Waals surface area contributed by atoms with Crippen molar-refractivity contribution in [2.75, 3.05) is 6.61 Å². The molecule has 0 N–H and O–H groups in total. The average molecular weight is 275 g/mol. The molecule has 0 amide bonds. The van der Waals surface area contributed by atoms with Crippen LogP contribution >= 0.6 is 11.3 Å². The maximum absolute atomic E-state index is 11.8. The van der Waals surface area contributed by atoms with Crippen LogP contribution in [0.3, 0.4) is 0 Å². The van der Waals surface area contributed by atoms with Crippen molar-refractivity contribution in [1.82, 2.24) is 4.98 Å². The van der Waals surface area contributed by atoms with E-state index >= 15 is 0 Å². The van der Waals surface area contributed by atoms with Gasteiger partial charge in [0.25, 0.3) is 0 Å².